The second-order valence-electron chi connectivity index (χ2n) is 4.97. The average Bonchev–Trinajstić information content (AvgIpc) is 3.01. The molecule has 2 rings (SSSR count). The van der Waals surface area contributed by atoms with Crippen molar-refractivity contribution >= 4 is 11.3 Å². The van der Waals surface area contributed by atoms with Gasteiger partial charge >= 0.3 is 0 Å². The van der Waals surface area contributed by atoms with Crippen LogP contribution in [0.15, 0.2) is 12.1 Å². The van der Waals surface area contributed by atoms with E-state index in [1.807, 2.05) is 0 Å². The highest BCUT2D eigenvalue weighted by Crippen LogP contribution is 2.14. The Morgan fingerprint density at radius 2 is 2.47 bits per heavy atom. The summed E-state index contributed by atoms with van der Waals surface area (Å²) >= 11 is 1.78. The van der Waals surface area contributed by atoms with Crippen LogP contribution in [0, 0.1) is 6.92 Å². The fourth-order valence-corrected chi connectivity index (χ4v) is 2.97. The molecule has 5 heteroatoms. The SMILES string of the molecule is Cc1ccc(CNCC(O)COCC2CCCO2)s1. The third-order valence-corrected chi connectivity index (χ3v) is 4.11. The summed E-state index contributed by atoms with van der Waals surface area (Å²) in [5.41, 5.74) is 0. The maximum absolute atomic E-state index is 9.78. The molecule has 2 heterocycles. The molecule has 0 bridgehead atoms. The molecule has 0 saturated carbocycles. The Morgan fingerprint density at radius 1 is 1.58 bits per heavy atom. The number of aliphatic hydroxyl groups excluding tert-OH is 1. The number of rotatable bonds is 8. The van der Waals surface area contributed by atoms with Crippen molar-refractivity contribution in [3.8, 4) is 0 Å². The van der Waals surface area contributed by atoms with Gasteiger partial charge in [0.05, 0.1) is 25.4 Å². The predicted molar refractivity (Wildman–Crippen MR) is 76.6 cm³/mol. The molecule has 0 amide bonds. The highest BCUT2D eigenvalue weighted by atomic mass is 32.1. The molecule has 1 aliphatic heterocycles. The largest absolute Gasteiger partial charge is 0.389 e. The molecule has 1 aromatic rings. The zero-order valence-corrected chi connectivity index (χ0v) is 12.2. The first kappa shape index (κ1) is 14.9. The third kappa shape index (κ3) is 5.58. The van der Waals surface area contributed by atoms with Gasteiger partial charge in [-0.1, -0.05) is 0 Å². The van der Waals surface area contributed by atoms with E-state index < -0.39 is 6.10 Å². The zero-order valence-electron chi connectivity index (χ0n) is 11.4. The van der Waals surface area contributed by atoms with Crippen LogP contribution >= 0.6 is 11.3 Å². The maximum atomic E-state index is 9.78. The van der Waals surface area contributed by atoms with Crippen molar-refractivity contribution in [2.24, 2.45) is 0 Å². The summed E-state index contributed by atoms with van der Waals surface area (Å²) in [4.78, 5) is 2.61. The lowest BCUT2D eigenvalue weighted by molar-refractivity contribution is -0.0164. The molecule has 0 radical (unpaired) electrons. The van der Waals surface area contributed by atoms with Gasteiger partial charge in [0, 0.05) is 29.5 Å². The highest BCUT2D eigenvalue weighted by Gasteiger charge is 2.16. The Morgan fingerprint density at radius 3 is 3.16 bits per heavy atom. The van der Waals surface area contributed by atoms with Gasteiger partial charge in [0.2, 0.25) is 0 Å². The summed E-state index contributed by atoms with van der Waals surface area (Å²) in [6.07, 6.45) is 1.97. The smallest absolute Gasteiger partial charge is 0.0897 e. The standard InChI is InChI=1S/C14H23NO3S/c1-11-4-5-14(19-11)8-15-7-12(16)9-17-10-13-3-2-6-18-13/h4-5,12-13,15-16H,2-3,6-10H2,1H3. The average molecular weight is 285 g/mol. The van der Waals surface area contributed by atoms with E-state index in [2.05, 4.69) is 24.4 Å². The van der Waals surface area contributed by atoms with Crippen LogP contribution in [0.1, 0.15) is 22.6 Å². The van der Waals surface area contributed by atoms with Gasteiger partial charge in [-0.25, -0.2) is 0 Å². The molecule has 108 valence electrons. The predicted octanol–water partition coefficient (Wildman–Crippen LogP) is 1.70. The van der Waals surface area contributed by atoms with Gasteiger partial charge in [-0.15, -0.1) is 11.3 Å². The minimum Gasteiger partial charge on any atom is -0.389 e. The fraction of sp³-hybridized carbons (Fsp3) is 0.714. The molecule has 0 spiro atoms. The lowest BCUT2D eigenvalue weighted by Crippen LogP contribution is -2.31. The first-order chi connectivity index (χ1) is 9.24. The van der Waals surface area contributed by atoms with Gasteiger partial charge in [0.25, 0.3) is 0 Å². The summed E-state index contributed by atoms with van der Waals surface area (Å²) < 4.78 is 10.9. The number of hydrogen-bond donors (Lipinski definition) is 2. The lowest BCUT2D eigenvalue weighted by Gasteiger charge is -2.14. The van der Waals surface area contributed by atoms with Gasteiger partial charge in [-0.05, 0) is 31.9 Å². The first-order valence-corrected chi connectivity index (χ1v) is 7.69. The molecule has 0 aliphatic carbocycles. The van der Waals surface area contributed by atoms with Crippen LogP contribution in [0.25, 0.3) is 0 Å². The molecule has 4 nitrogen and oxygen atoms in total. The molecule has 0 aromatic carbocycles. The number of ether oxygens (including phenoxy) is 2. The van der Waals surface area contributed by atoms with E-state index in [0.29, 0.717) is 19.8 Å². The van der Waals surface area contributed by atoms with E-state index in [0.717, 1.165) is 26.0 Å². The second-order valence-corrected chi connectivity index (χ2v) is 6.34. The van der Waals surface area contributed by atoms with E-state index in [1.165, 1.54) is 9.75 Å². The summed E-state index contributed by atoms with van der Waals surface area (Å²) in [6.45, 7) is 5.28. The molecular weight excluding hydrogens is 262 g/mol. The molecule has 1 aliphatic rings. The minimum absolute atomic E-state index is 0.231. The molecule has 1 fully saturated rings. The summed E-state index contributed by atoms with van der Waals surface area (Å²) in [5.74, 6) is 0. The zero-order chi connectivity index (χ0) is 13.5. The summed E-state index contributed by atoms with van der Waals surface area (Å²) in [5, 5.41) is 13.0. The van der Waals surface area contributed by atoms with E-state index in [9.17, 15) is 5.11 Å². The number of hydrogen-bond acceptors (Lipinski definition) is 5. The van der Waals surface area contributed by atoms with Crippen molar-refractivity contribution in [2.75, 3.05) is 26.4 Å². The van der Waals surface area contributed by atoms with Crippen molar-refractivity contribution in [3.05, 3.63) is 21.9 Å². The summed E-state index contributed by atoms with van der Waals surface area (Å²) in [7, 11) is 0. The van der Waals surface area contributed by atoms with Crippen molar-refractivity contribution in [1.82, 2.24) is 5.32 Å². The van der Waals surface area contributed by atoms with Gasteiger partial charge < -0.3 is 19.9 Å². The van der Waals surface area contributed by atoms with Gasteiger partial charge in [-0.2, -0.15) is 0 Å². The van der Waals surface area contributed by atoms with Crippen LogP contribution in [-0.2, 0) is 16.0 Å². The Balaban J connectivity index is 1.50. The van der Waals surface area contributed by atoms with E-state index >= 15 is 0 Å². The molecule has 19 heavy (non-hydrogen) atoms. The number of nitrogens with one attached hydrogen (secondary N) is 1. The van der Waals surface area contributed by atoms with Crippen LogP contribution in [0.5, 0.6) is 0 Å². The van der Waals surface area contributed by atoms with Crippen molar-refractivity contribution in [3.63, 3.8) is 0 Å². The van der Waals surface area contributed by atoms with Crippen LogP contribution in [0.2, 0.25) is 0 Å². The Kier molecular flexibility index (Phi) is 6.26. The van der Waals surface area contributed by atoms with Crippen molar-refractivity contribution < 1.29 is 14.6 Å². The normalized spacial score (nSPS) is 20.8. The van der Waals surface area contributed by atoms with Crippen LogP contribution in [-0.4, -0.2) is 43.7 Å². The summed E-state index contributed by atoms with van der Waals surface area (Å²) in [6, 6.07) is 4.23. The minimum atomic E-state index is -0.456. The van der Waals surface area contributed by atoms with Crippen LogP contribution in [0.3, 0.4) is 0 Å². The van der Waals surface area contributed by atoms with E-state index in [-0.39, 0.29) is 6.10 Å². The highest BCUT2D eigenvalue weighted by molar-refractivity contribution is 7.11. The Hall–Kier alpha value is -0.460. The van der Waals surface area contributed by atoms with Crippen molar-refractivity contribution in [2.45, 2.75) is 38.5 Å². The topological polar surface area (TPSA) is 50.7 Å². The fourth-order valence-electron chi connectivity index (χ4n) is 2.11. The number of aliphatic hydroxyl groups is 1. The van der Waals surface area contributed by atoms with Gasteiger partial charge in [-0.3, -0.25) is 0 Å². The maximum Gasteiger partial charge on any atom is 0.0897 e. The quantitative estimate of drug-likeness (QED) is 0.763. The number of thiophene rings is 1. The number of aryl methyl sites for hydroxylation is 1. The van der Waals surface area contributed by atoms with Gasteiger partial charge in [0.1, 0.15) is 0 Å². The van der Waals surface area contributed by atoms with Gasteiger partial charge in [0.15, 0.2) is 0 Å². The molecule has 2 N–H and O–H groups in total. The Labute approximate surface area is 118 Å². The first-order valence-electron chi connectivity index (χ1n) is 6.87. The molecular formula is C14H23NO3S. The van der Waals surface area contributed by atoms with E-state index in [1.54, 1.807) is 11.3 Å². The molecule has 2 atom stereocenters. The third-order valence-electron chi connectivity index (χ3n) is 3.11. The molecule has 1 saturated heterocycles. The molecule has 2 unspecified atom stereocenters. The van der Waals surface area contributed by atoms with E-state index in [4.69, 9.17) is 9.47 Å². The molecule has 1 aromatic heterocycles. The van der Waals surface area contributed by atoms with Crippen LogP contribution < -0.4 is 5.32 Å². The van der Waals surface area contributed by atoms with Crippen LogP contribution in [0.4, 0.5) is 0 Å². The van der Waals surface area contributed by atoms with Crippen molar-refractivity contribution in [1.29, 1.82) is 0 Å². The second kappa shape index (κ2) is 7.97. The monoisotopic (exact) mass is 285 g/mol. The Bertz CT molecular complexity index is 363. The lowest BCUT2D eigenvalue weighted by atomic mass is 10.2.